The van der Waals surface area contributed by atoms with Crippen molar-refractivity contribution in [2.75, 3.05) is 44.1 Å². The zero-order chi connectivity index (χ0) is 18.5. The summed E-state index contributed by atoms with van der Waals surface area (Å²) in [4.78, 5) is 26.1. The van der Waals surface area contributed by atoms with Crippen LogP contribution in [0.4, 0.5) is 11.4 Å². The molecule has 3 rings (SSSR count). The van der Waals surface area contributed by atoms with Crippen LogP contribution in [0.15, 0.2) is 42.5 Å². The highest BCUT2D eigenvalue weighted by Gasteiger charge is 2.13. The molecule has 1 heterocycles. The summed E-state index contributed by atoms with van der Waals surface area (Å²) in [6.45, 7) is 0.871. The van der Waals surface area contributed by atoms with Crippen molar-refractivity contribution in [3.63, 3.8) is 0 Å². The normalized spacial score (nSPS) is 12.2. The van der Waals surface area contributed by atoms with Crippen molar-refractivity contribution in [2.24, 2.45) is 0 Å². The summed E-state index contributed by atoms with van der Waals surface area (Å²) in [5.74, 6) is 0.635. The fourth-order valence-corrected chi connectivity index (χ4v) is 2.50. The maximum absolute atomic E-state index is 12.1. The number of rotatable bonds is 5. The molecular weight excluding hydrogens is 334 g/mol. The number of hydrogen-bond acceptors (Lipinski definition) is 5. The highest BCUT2D eigenvalue weighted by molar-refractivity contribution is 5.99. The number of nitrogens with one attached hydrogen (secondary N) is 2. The van der Waals surface area contributed by atoms with Crippen LogP contribution in [0.3, 0.4) is 0 Å². The molecule has 0 radical (unpaired) electrons. The van der Waals surface area contributed by atoms with Gasteiger partial charge in [0, 0.05) is 37.1 Å². The van der Waals surface area contributed by atoms with Crippen LogP contribution >= 0.6 is 0 Å². The monoisotopic (exact) mass is 355 g/mol. The minimum Gasteiger partial charge on any atom is -0.486 e. The van der Waals surface area contributed by atoms with Gasteiger partial charge in [-0.1, -0.05) is 0 Å². The van der Waals surface area contributed by atoms with Crippen molar-refractivity contribution in [3.8, 4) is 11.5 Å². The standard InChI is InChI=1S/C19H21N3O4/c1-22(2)15-6-3-13(4-7-15)19(24)20-12-18(23)21-14-5-8-16-17(11-14)26-10-9-25-16/h3-8,11H,9-10,12H2,1-2H3,(H,20,24)(H,21,23). The molecule has 2 amide bonds. The lowest BCUT2D eigenvalue weighted by Gasteiger charge is -2.19. The van der Waals surface area contributed by atoms with Crippen molar-refractivity contribution in [1.82, 2.24) is 5.32 Å². The third-order valence-electron chi connectivity index (χ3n) is 3.88. The van der Waals surface area contributed by atoms with Crippen LogP contribution in [0.5, 0.6) is 11.5 Å². The molecule has 0 aliphatic carbocycles. The van der Waals surface area contributed by atoms with Crippen molar-refractivity contribution >= 4 is 23.2 Å². The van der Waals surface area contributed by atoms with Crippen LogP contribution in [-0.2, 0) is 4.79 Å². The molecule has 136 valence electrons. The Kier molecular flexibility index (Phi) is 5.26. The molecule has 7 heteroatoms. The largest absolute Gasteiger partial charge is 0.486 e. The Labute approximate surface area is 151 Å². The Morgan fingerprint density at radius 3 is 2.38 bits per heavy atom. The molecular formula is C19H21N3O4. The Bertz CT molecular complexity index is 803. The van der Waals surface area contributed by atoms with Crippen LogP contribution in [0.2, 0.25) is 0 Å². The number of carbonyl (C=O) groups excluding carboxylic acids is 2. The topological polar surface area (TPSA) is 79.9 Å². The zero-order valence-electron chi connectivity index (χ0n) is 14.7. The van der Waals surface area contributed by atoms with E-state index >= 15 is 0 Å². The summed E-state index contributed by atoms with van der Waals surface area (Å²) in [5.41, 5.74) is 2.09. The van der Waals surface area contributed by atoms with E-state index in [2.05, 4.69) is 10.6 Å². The van der Waals surface area contributed by atoms with Gasteiger partial charge in [-0.2, -0.15) is 0 Å². The highest BCUT2D eigenvalue weighted by Crippen LogP contribution is 2.32. The lowest BCUT2D eigenvalue weighted by molar-refractivity contribution is -0.115. The average molecular weight is 355 g/mol. The van der Waals surface area contributed by atoms with E-state index in [1.165, 1.54) is 0 Å². The molecule has 7 nitrogen and oxygen atoms in total. The van der Waals surface area contributed by atoms with E-state index in [4.69, 9.17) is 9.47 Å². The van der Waals surface area contributed by atoms with E-state index in [1.807, 2.05) is 31.1 Å². The summed E-state index contributed by atoms with van der Waals surface area (Å²) in [6.07, 6.45) is 0. The summed E-state index contributed by atoms with van der Waals surface area (Å²) in [7, 11) is 3.86. The Hall–Kier alpha value is -3.22. The first-order chi connectivity index (χ1) is 12.5. The van der Waals surface area contributed by atoms with Crippen LogP contribution in [0.1, 0.15) is 10.4 Å². The SMILES string of the molecule is CN(C)c1ccc(C(=O)NCC(=O)Nc2ccc3c(c2)OCCO3)cc1. The molecule has 0 fully saturated rings. The van der Waals surface area contributed by atoms with Crippen molar-refractivity contribution in [3.05, 3.63) is 48.0 Å². The zero-order valence-corrected chi connectivity index (χ0v) is 14.7. The second-order valence-corrected chi connectivity index (χ2v) is 6.03. The molecule has 0 spiro atoms. The van der Waals surface area contributed by atoms with Gasteiger partial charge in [0.25, 0.3) is 5.91 Å². The van der Waals surface area contributed by atoms with E-state index < -0.39 is 0 Å². The summed E-state index contributed by atoms with van der Waals surface area (Å²) in [5, 5.41) is 5.34. The number of carbonyl (C=O) groups is 2. The Morgan fingerprint density at radius 2 is 1.69 bits per heavy atom. The fraction of sp³-hybridized carbons (Fsp3) is 0.263. The summed E-state index contributed by atoms with van der Waals surface area (Å²) < 4.78 is 10.9. The second kappa shape index (κ2) is 7.77. The van der Waals surface area contributed by atoms with Crippen LogP contribution in [0.25, 0.3) is 0 Å². The molecule has 1 aliphatic rings. The van der Waals surface area contributed by atoms with Gasteiger partial charge in [0.15, 0.2) is 11.5 Å². The Morgan fingerprint density at radius 1 is 1.00 bits per heavy atom. The molecule has 0 saturated heterocycles. The van der Waals surface area contributed by atoms with Crippen molar-refractivity contribution < 1.29 is 19.1 Å². The molecule has 0 atom stereocenters. The lowest BCUT2D eigenvalue weighted by atomic mass is 10.2. The van der Waals surface area contributed by atoms with E-state index in [1.54, 1.807) is 30.3 Å². The summed E-state index contributed by atoms with van der Waals surface area (Å²) >= 11 is 0. The van der Waals surface area contributed by atoms with Gasteiger partial charge in [-0.3, -0.25) is 9.59 Å². The molecule has 2 N–H and O–H groups in total. The molecule has 0 unspecified atom stereocenters. The smallest absolute Gasteiger partial charge is 0.251 e. The molecule has 2 aromatic carbocycles. The third kappa shape index (κ3) is 4.24. The molecule has 0 saturated carbocycles. The number of amides is 2. The molecule has 1 aliphatic heterocycles. The van der Waals surface area contributed by atoms with E-state index in [-0.39, 0.29) is 18.4 Å². The van der Waals surface area contributed by atoms with Gasteiger partial charge in [0.1, 0.15) is 13.2 Å². The van der Waals surface area contributed by atoms with Crippen molar-refractivity contribution in [2.45, 2.75) is 0 Å². The minimum atomic E-state index is -0.320. The van der Waals surface area contributed by atoms with Crippen molar-refractivity contribution in [1.29, 1.82) is 0 Å². The molecule has 2 aromatic rings. The number of fused-ring (bicyclic) bond motifs is 1. The summed E-state index contributed by atoms with van der Waals surface area (Å²) in [6, 6.07) is 12.3. The first kappa shape index (κ1) is 17.6. The third-order valence-corrected chi connectivity index (χ3v) is 3.88. The van der Waals surface area contributed by atoms with Gasteiger partial charge in [-0.05, 0) is 36.4 Å². The maximum atomic E-state index is 12.1. The van der Waals surface area contributed by atoms with Gasteiger partial charge in [-0.15, -0.1) is 0 Å². The number of anilines is 2. The van der Waals surface area contributed by atoms with Crippen LogP contribution < -0.4 is 25.0 Å². The first-order valence-corrected chi connectivity index (χ1v) is 8.28. The second-order valence-electron chi connectivity index (χ2n) is 6.03. The van der Waals surface area contributed by atoms with Gasteiger partial charge in [0.05, 0.1) is 6.54 Å². The quantitative estimate of drug-likeness (QED) is 0.856. The first-order valence-electron chi connectivity index (χ1n) is 8.28. The van der Waals surface area contributed by atoms with E-state index in [0.717, 1.165) is 5.69 Å². The maximum Gasteiger partial charge on any atom is 0.251 e. The van der Waals surface area contributed by atoms with Gasteiger partial charge >= 0.3 is 0 Å². The van der Waals surface area contributed by atoms with E-state index in [9.17, 15) is 9.59 Å². The number of ether oxygens (including phenoxy) is 2. The number of benzene rings is 2. The fourth-order valence-electron chi connectivity index (χ4n) is 2.50. The number of hydrogen-bond donors (Lipinski definition) is 2. The molecule has 26 heavy (non-hydrogen) atoms. The van der Waals surface area contributed by atoms with Gasteiger partial charge in [-0.25, -0.2) is 0 Å². The predicted octanol–water partition coefficient (Wildman–Crippen LogP) is 1.89. The van der Waals surface area contributed by atoms with Gasteiger partial charge in [0.2, 0.25) is 5.91 Å². The van der Waals surface area contributed by atoms with Gasteiger partial charge < -0.3 is 25.0 Å². The lowest BCUT2D eigenvalue weighted by Crippen LogP contribution is -2.32. The number of nitrogens with zero attached hydrogens (tertiary/aromatic N) is 1. The van der Waals surface area contributed by atoms with Crippen LogP contribution in [0, 0.1) is 0 Å². The average Bonchev–Trinajstić information content (AvgIpc) is 2.66. The van der Waals surface area contributed by atoms with E-state index in [0.29, 0.717) is 36.0 Å². The molecule has 0 bridgehead atoms. The minimum absolute atomic E-state index is 0.122. The predicted molar refractivity (Wildman–Crippen MR) is 99.2 cm³/mol. The molecule has 0 aromatic heterocycles. The Balaban J connectivity index is 1.52. The highest BCUT2D eigenvalue weighted by atomic mass is 16.6. The van der Waals surface area contributed by atoms with Crippen LogP contribution in [-0.4, -0.2) is 45.7 Å².